The van der Waals surface area contributed by atoms with Crippen LogP contribution in [-0.2, 0) is 4.74 Å². The lowest BCUT2D eigenvalue weighted by molar-refractivity contribution is 0.0721. The first kappa shape index (κ1) is 17.6. The van der Waals surface area contributed by atoms with E-state index in [0.29, 0.717) is 0 Å². The zero-order valence-electron chi connectivity index (χ0n) is 13.6. The Kier molecular flexibility index (Phi) is 6.28. The van der Waals surface area contributed by atoms with E-state index in [9.17, 15) is 9.50 Å². The van der Waals surface area contributed by atoms with Gasteiger partial charge in [0.2, 0.25) is 0 Å². The number of rotatable bonds is 6. The smallest absolute Gasteiger partial charge is 0.107 e. The average Bonchev–Trinajstić information content (AvgIpc) is 2.77. The van der Waals surface area contributed by atoms with Crippen LogP contribution in [0.1, 0.15) is 30.6 Å². The molecule has 2 atom stereocenters. The first-order valence-corrected chi connectivity index (χ1v) is 7.73. The summed E-state index contributed by atoms with van der Waals surface area (Å²) in [7, 11) is 1.54. The molecule has 1 aliphatic carbocycles. The summed E-state index contributed by atoms with van der Waals surface area (Å²) in [6.07, 6.45) is 6.48. The molecule has 23 heavy (non-hydrogen) atoms. The van der Waals surface area contributed by atoms with Gasteiger partial charge < -0.3 is 15.6 Å². The molecule has 4 heteroatoms. The molecule has 0 aliphatic heterocycles. The van der Waals surface area contributed by atoms with E-state index in [1.807, 2.05) is 43.3 Å². The molecule has 3 nitrogen and oxygen atoms in total. The van der Waals surface area contributed by atoms with Crippen LogP contribution in [0, 0.1) is 0 Å². The lowest BCUT2D eigenvalue weighted by atomic mass is 9.98. The van der Waals surface area contributed by atoms with Crippen LogP contribution in [0.5, 0.6) is 0 Å². The van der Waals surface area contributed by atoms with E-state index in [1.54, 1.807) is 0 Å². The zero-order chi connectivity index (χ0) is 16.8. The summed E-state index contributed by atoms with van der Waals surface area (Å²) in [5.74, 6) is 0. The van der Waals surface area contributed by atoms with Gasteiger partial charge in [0.05, 0.1) is 18.8 Å². The highest BCUT2D eigenvalue weighted by Crippen LogP contribution is 2.26. The summed E-state index contributed by atoms with van der Waals surface area (Å²) >= 11 is 0. The fraction of sp³-hybridized carbons (Fsp3) is 0.368. The SMILES string of the molecule is COC(c1ccc(C2=CCC(C)=C(CO)C=C2)cc1)C(N)CF. The Morgan fingerprint density at radius 1 is 1.26 bits per heavy atom. The molecule has 1 aliphatic rings. The van der Waals surface area contributed by atoms with E-state index in [4.69, 9.17) is 10.5 Å². The number of benzene rings is 1. The van der Waals surface area contributed by atoms with Crippen molar-refractivity contribution in [3.63, 3.8) is 0 Å². The average molecular weight is 317 g/mol. The molecule has 0 spiro atoms. The van der Waals surface area contributed by atoms with E-state index >= 15 is 0 Å². The van der Waals surface area contributed by atoms with E-state index in [1.165, 1.54) is 12.7 Å². The summed E-state index contributed by atoms with van der Waals surface area (Å²) in [6, 6.07) is 7.16. The van der Waals surface area contributed by atoms with Gasteiger partial charge in [-0.1, -0.05) is 48.1 Å². The topological polar surface area (TPSA) is 55.5 Å². The van der Waals surface area contributed by atoms with Crippen molar-refractivity contribution in [2.75, 3.05) is 20.4 Å². The van der Waals surface area contributed by atoms with Gasteiger partial charge in [0.15, 0.2) is 0 Å². The third kappa shape index (κ3) is 4.16. The third-order valence-electron chi connectivity index (χ3n) is 4.20. The Morgan fingerprint density at radius 2 is 1.96 bits per heavy atom. The minimum atomic E-state index is -0.665. The number of nitrogens with two attached hydrogens (primary N) is 1. The number of alkyl halides is 1. The predicted molar refractivity (Wildman–Crippen MR) is 91.7 cm³/mol. The monoisotopic (exact) mass is 317 g/mol. The lowest BCUT2D eigenvalue weighted by Crippen LogP contribution is -2.31. The van der Waals surface area contributed by atoms with Crippen molar-refractivity contribution < 1.29 is 14.2 Å². The Morgan fingerprint density at radius 3 is 2.52 bits per heavy atom. The molecule has 0 heterocycles. The number of aliphatic hydroxyl groups excluding tert-OH is 1. The molecule has 1 aromatic carbocycles. The van der Waals surface area contributed by atoms with Gasteiger partial charge in [0.1, 0.15) is 6.67 Å². The van der Waals surface area contributed by atoms with Crippen LogP contribution >= 0.6 is 0 Å². The molecule has 0 radical (unpaired) electrons. The molecule has 2 rings (SSSR count). The maximum Gasteiger partial charge on any atom is 0.107 e. The molecule has 0 fully saturated rings. The largest absolute Gasteiger partial charge is 0.392 e. The highest BCUT2D eigenvalue weighted by atomic mass is 19.1. The van der Waals surface area contributed by atoms with Crippen LogP contribution in [0.25, 0.3) is 5.57 Å². The first-order chi connectivity index (χ1) is 11.1. The van der Waals surface area contributed by atoms with Crippen LogP contribution in [0.2, 0.25) is 0 Å². The fourth-order valence-corrected chi connectivity index (χ4v) is 2.70. The number of halogens is 1. The second-order valence-electron chi connectivity index (χ2n) is 5.76. The number of allylic oxidation sites excluding steroid dienone is 4. The van der Waals surface area contributed by atoms with E-state index < -0.39 is 18.8 Å². The highest BCUT2D eigenvalue weighted by molar-refractivity contribution is 5.75. The van der Waals surface area contributed by atoms with Crippen molar-refractivity contribution in [3.8, 4) is 0 Å². The minimum Gasteiger partial charge on any atom is -0.392 e. The molecule has 0 bridgehead atoms. The molecular weight excluding hydrogens is 293 g/mol. The molecule has 0 saturated heterocycles. The maximum atomic E-state index is 12.8. The van der Waals surface area contributed by atoms with Gasteiger partial charge in [0, 0.05) is 7.11 Å². The summed E-state index contributed by atoms with van der Waals surface area (Å²) in [5.41, 5.74) is 10.9. The van der Waals surface area contributed by atoms with Crippen LogP contribution in [0.3, 0.4) is 0 Å². The molecular formula is C19H24FNO2. The van der Waals surface area contributed by atoms with Gasteiger partial charge in [0.25, 0.3) is 0 Å². The van der Waals surface area contributed by atoms with Crippen LogP contribution in [-0.4, -0.2) is 31.5 Å². The standard InChI is InChI=1S/C19H24FNO2/c1-13-3-4-14(7-10-17(13)12-22)15-5-8-16(9-6-15)19(23-2)18(21)11-20/h4-10,18-19,22H,3,11-12,21H2,1-2H3. The van der Waals surface area contributed by atoms with Gasteiger partial charge >= 0.3 is 0 Å². The van der Waals surface area contributed by atoms with Crippen molar-refractivity contribution in [2.45, 2.75) is 25.5 Å². The van der Waals surface area contributed by atoms with E-state index in [-0.39, 0.29) is 6.61 Å². The molecule has 2 unspecified atom stereocenters. The summed E-state index contributed by atoms with van der Waals surface area (Å²) in [6.45, 7) is 1.46. The lowest BCUT2D eigenvalue weighted by Gasteiger charge is -2.20. The van der Waals surface area contributed by atoms with Crippen LogP contribution < -0.4 is 5.73 Å². The summed E-state index contributed by atoms with van der Waals surface area (Å²) < 4.78 is 18.1. The number of aliphatic hydroxyl groups is 1. The Balaban J connectivity index is 2.20. The van der Waals surface area contributed by atoms with Gasteiger partial charge in [-0.3, -0.25) is 0 Å². The first-order valence-electron chi connectivity index (χ1n) is 7.73. The second kappa shape index (κ2) is 8.20. The van der Waals surface area contributed by atoms with Gasteiger partial charge in [-0.25, -0.2) is 4.39 Å². The number of ether oxygens (including phenoxy) is 1. The Bertz CT molecular complexity index is 617. The second-order valence-corrected chi connectivity index (χ2v) is 5.76. The van der Waals surface area contributed by atoms with Gasteiger partial charge in [-0.05, 0) is 35.6 Å². The molecule has 3 N–H and O–H groups in total. The normalized spacial score (nSPS) is 17.7. The number of hydrogen-bond donors (Lipinski definition) is 2. The fourth-order valence-electron chi connectivity index (χ4n) is 2.70. The van der Waals surface area contributed by atoms with Gasteiger partial charge in [-0.15, -0.1) is 0 Å². The summed E-state index contributed by atoms with van der Waals surface area (Å²) in [5, 5.41) is 9.35. The quantitative estimate of drug-likeness (QED) is 0.846. The molecule has 124 valence electrons. The minimum absolute atomic E-state index is 0.0546. The zero-order valence-corrected chi connectivity index (χ0v) is 13.6. The molecule has 0 amide bonds. The van der Waals surface area contributed by atoms with Crippen molar-refractivity contribution in [3.05, 3.63) is 64.8 Å². The van der Waals surface area contributed by atoms with Gasteiger partial charge in [-0.2, -0.15) is 0 Å². The van der Waals surface area contributed by atoms with Crippen molar-refractivity contribution in [2.24, 2.45) is 5.73 Å². The van der Waals surface area contributed by atoms with Crippen molar-refractivity contribution in [1.82, 2.24) is 0 Å². The van der Waals surface area contributed by atoms with Crippen LogP contribution in [0.15, 0.2) is 53.6 Å². The summed E-state index contributed by atoms with van der Waals surface area (Å²) in [4.78, 5) is 0. The highest BCUT2D eigenvalue weighted by Gasteiger charge is 2.19. The number of hydrogen-bond acceptors (Lipinski definition) is 3. The maximum absolute atomic E-state index is 12.8. The third-order valence-corrected chi connectivity index (χ3v) is 4.20. The van der Waals surface area contributed by atoms with Crippen molar-refractivity contribution in [1.29, 1.82) is 0 Å². The molecule has 0 saturated carbocycles. The van der Waals surface area contributed by atoms with E-state index in [0.717, 1.165) is 28.7 Å². The van der Waals surface area contributed by atoms with Crippen molar-refractivity contribution >= 4 is 5.57 Å². The molecule has 0 aromatic heterocycles. The molecule has 1 aromatic rings. The Hall–Kier alpha value is -1.75. The van der Waals surface area contributed by atoms with E-state index in [2.05, 4.69) is 6.08 Å². The Labute approximate surface area is 137 Å². The number of methoxy groups -OCH3 is 1. The van der Waals surface area contributed by atoms with Crippen LogP contribution in [0.4, 0.5) is 4.39 Å². The predicted octanol–water partition coefficient (Wildman–Crippen LogP) is 3.32.